The maximum Gasteiger partial charge on any atom is 0.326 e. The van der Waals surface area contributed by atoms with Gasteiger partial charge in [0.2, 0.25) is 0 Å². The topological polar surface area (TPSA) is 97.1 Å². The Hall–Kier alpha value is -3.22. The van der Waals surface area contributed by atoms with Crippen LogP contribution in [-0.4, -0.2) is 37.8 Å². The average Bonchev–Trinajstić information content (AvgIpc) is 3.21. The molecule has 0 unspecified atom stereocenters. The van der Waals surface area contributed by atoms with Crippen LogP contribution in [0.1, 0.15) is 78.7 Å². The summed E-state index contributed by atoms with van der Waals surface area (Å²) in [4.78, 5) is 29.1. The van der Waals surface area contributed by atoms with Gasteiger partial charge in [-0.1, -0.05) is 31.7 Å². The number of rotatable bonds is 11. The van der Waals surface area contributed by atoms with Gasteiger partial charge in [-0.15, -0.1) is 0 Å². The summed E-state index contributed by atoms with van der Waals surface area (Å²) in [6.45, 7) is 0. The molecular weight excluding hydrogens is 428 g/mol. The van der Waals surface area contributed by atoms with Gasteiger partial charge in [0.05, 0.1) is 5.52 Å². The molecule has 0 saturated heterocycles. The van der Waals surface area contributed by atoms with Crippen LogP contribution in [0.5, 0.6) is 0 Å². The zero-order valence-corrected chi connectivity index (χ0v) is 19.9. The van der Waals surface area contributed by atoms with E-state index in [1.807, 2.05) is 13.2 Å². The largest absolute Gasteiger partial charge is 0.480 e. The highest BCUT2D eigenvalue weighted by atomic mass is 16.4. The van der Waals surface area contributed by atoms with Crippen molar-refractivity contribution in [3.63, 3.8) is 0 Å². The van der Waals surface area contributed by atoms with Crippen LogP contribution in [0.2, 0.25) is 0 Å². The number of carbonyl (C=O) groups excluding carboxylic acids is 1. The van der Waals surface area contributed by atoms with Crippen LogP contribution in [0.25, 0.3) is 10.9 Å². The first-order chi connectivity index (χ1) is 16.5. The lowest BCUT2D eigenvalue weighted by Gasteiger charge is -2.15. The van der Waals surface area contributed by atoms with Gasteiger partial charge in [0.25, 0.3) is 5.91 Å². The second-order valence-electron chi connectivity index (χ2n) is 9.36. The number of fused-ring (bicyclic) bond motifs is 2. The number of carboxylic acids is 1. The highest BCUT2D eigenvalue weighted by molar-refractivity contribution is 5.99. The molecule has 7 nitrogen and oxygen atoms in total. The molecule has 2 aromatic heterocycles. The van der Waals surface area contributed by atoms with E-state index >= 15 is 0 Å². The van der Waals surface area contributed by atoms with Crippen LogP contribution >= 0.6 is 0 Å². The lowest BCUT2D eigenvalue weighted by Crippen LogP contribution is -2.40. The molecule has 1 amide bonds. The Morgan fingerprint density at radius 1 is 1.06 bits per heavy atom. The van der Waals surface area contributed by atoms with Crippen LogP contribution < -0.4 is 5.32 Å². The molecule has 1 aromatic carbocycles. The Bertz CT molecular complexity index is 1150. The molecule has 1 aliphatic rings. The molecule has 0 radical (unpaired) electrons. The van der Waals surface area contributed by atoms with Gasteiger partial charge in [0, 0.05) is 35.6 Å². The first-order valence-electron chi connectivity index (χ1n) is 12.4. The number of pyridine rings is 1. The average molecular weight is 463 g/mol. The van der Waals surface area contributed by atoms with Crippen LogP contribution in [0, 0.1) is 0 Å². The van der Waals surface area contributed by atoms with Crippen molar-refractivity contribution in [1.29, 1.82) is 0 Å². The molecule has 0 bridgehead atoms. The van der Waals surface area contributed by atoms with Crippen LogP contribution in [0.4, 0.5) is 0 Å². The number of hydrogen-bond donors (Lipinski definition) is 2. The maximum absolute atomic E-state index is 12.6. The molecule has 1 aliphatic carbocycles. The minimum Gasteiger partial charge on any atom is -0.480 e. The van der Waals surface area contributed by atoms with Crippen molar-refractivity contribution in [3.05, 3.63) is 59.0 Å². The molecule has 0 fully saturated rings. The van der Waals surface area contributed by atoms with E-state index in [1.165, 1.54) is 36.2 Å². The van der Waals surface area contributed by atoms with Gasteiger partial charge in [0.15, 0.2) is 0 Å². The van der Waals surface area contributed by atoms with Gasteiger partial charge in [-0.3, -0.25) is 14.5 Å². The van der Waals surface area contributed by atoms with Crippen molar-refractivity contribution < 1.29 is 14.7 Å². The summed E-state index contributed by atoms with van der Waals surface area (Å²) in [5.74, 6) is -1.36. The molecule has 1 atom stereocenters. The van der Waals surface area contributed by atoms with Crippen molar-refractivity contribution in [2.45, 2.75) is 76.7 Å². The monoisotopic (exact) mass is 462 g/mol. The SMILES string of the molecule is Cn1cc2cc(C(=O)N[C@@H](CCCCCCCc3ccc4c(n3)CCCC4)C(=O)O)ccc2n1. The second kappa shape index (κ2) is 11.3. The summed E-state index contributed by atoms with van der Waals surface area (Å²) in [6.07, 6.45) is 13.1. The maximum atomic E-state index is 12.6. The van der Waals surface area contributed by atoms with Gasteiger partial charge in [-0.25, -0.2) is 4.79 Å². The van der Waals surface area contributed by atoms with Crippen LogP contribution in [0.15, 0.2) is 36.5 Å². The van der Waals surface area contributed by atoms with Gasteiger partial charge in [-0.2, -0.15) is 5.10 Å². The predicted molar refractivity (Wildman–Crippen MR) is 132 cm³/mol. The molecule has 0 saturated carbocycles. The fourth-order valence-corrected chi connectivity index (χ4v) is 4.74. The van der Waals surface area contributed by atoms with Crippen molar-refractivity contribution in [1.82, 2.24) is 20.1 Å². The van der Waals surface area contributed by atoms with Gasteiger partial charge in [-0.05, 0) is 74.8 Å². The van der Waals surface area contributed by atoms with E-state index < -0.39 is 12.0 Å². The zero-order valence-electron chi connectivity index (χ0n) is 19.9. The molecule has 4 rings (SSSR count). The first kappa shape index (κ1) is 23.9. The Morgan fingerprint density at radius 3 is 2.71 bits per heavy atom. The standard InChI is InChI=1S/C27H34N4O3/c1-31-18-21-17-20(14-16-24(21)30-31)26(32)29-25(27(33)34)12-6-4-2-3-5-10-22-15-13-19-9-7-8-11-23(19)28-22/h13-18,25H,2-12H2,1H3,(H,29,32)(H,33,34)/t25-/m0/s1. The molecule has 7 heteroatoms. The second-order valence-corrected chi connectivity index (χ2v) is 9.36. The molecule has 2 N–H and O–H groups in total. The summed E-state index contributed by atoms with van der Waals surface area (Å²) in [7, 11) is 1.82. The number of carbonyl (C=O) groups is 2. The lowest BCUT2D eigenvalue weighted by atomic mass is 9.95. The Morgan fingerprint density at radius 2 is 1.85 bits per heavy atom. The van der Waals surface area contributed by atoms with Crippen molar-refractivity contribution >= 4 is 22.8 Å². The number of unbranched alkanes of at least 4 members (excludes halogenated alkanes) is 4. The Balaban J connectivity index is 1.16. The third kappa shape index (κ3) is 6.22. The highest BCUT2D eigenvalue weighted by Crippen LogP contribution is 2.20. The number of aliphatic carboxylic acids is 1. The number of nitrogens with one attached hydrogen (secondary N) is 1. The predicted octanol–water partition coefficient (Wildman–Crippen LogP) is 4.61. The first-order valence-corrected chi connectivity index (χ1v) is 12.4. The number of benzene rings is 1. The third-order valence-electron chi connectivity index (χ3n) is 6.65. The molecule has 0 spiro atoms. The highest BCUT2D eigenvalue weighted by Gasteiger charge is 2.20. The zero-order chi connectivity index (χ0) is 23.9. The number of aryl methyl sites for hydroxylation is 4. The number of hydrogen-bond acceptors (Lipinski definition) is 4. The van der Waals surface area contributed by atoms with E-state index in [9.17, 15) is 14.7 Å². The summed E-state index contributed by atoms with van der Waals surface area (Å²) in [5, 5.41) is 17.4. The minimum atomic E-state index is -0.991. The molecule has 180 valence electrons. The van der Waals surface area contributed by atoms with Crippen LogP contribution in [0.3, 0.4) is 0 Å². The van der Waals surface area contributed by atoms with E-state index in [0.29, 0.717) is 12.0 Å². The summed E-state index contributed by atoms with van der Waals surface area (Å²) in [6, 6.07) is 8.76. The number of amides is 1. The van der Waals surface area contributed by atoms with Crippen molar-refractivity contribution in [2.24, 2.45) is 7.05 Å². The number of aromatic nitrogens is 3. The fraction of sp³-hybridized carbons (Fsp3) is 0.481. The van der Waals surface area contributed by atoms with E-state index in [2.05, 4.69) is 22.5 Å². The molecular formula is C27H34N4O3. The van der Waals surface area contributed by atoms with E-state index in [4.69, 9.17) is 4.98 Å². The Kier molecular flexibility index (Phi) is 7.93. The van der Waals surface area contributed by atoms with Crippen molar-refractivity contribution in [2.75, 3.05) is 0 Å². The molecule has 2 heterocycles. The van der Waals surface area contributed by atoms with Gasteiger partial charge in [0.1, 0.15) is 6.04 Å². The van der Waals surface area contributed by atoms with E-state index in [-0.39, 0.29) is 5.91 Å². The number of nitrogens with zero attached hydrogens (tertiary/aromatic N) is 3. The quantitative estimate of drug-likeness (QED) is 0.406. The smallest absolute Gasteiger partial charge is 0.326 e. The molecule has 34 heavy (non-hydrogen) atoms. The lowest BCUT2D eigenvalue weighted by molar-refractivity contribution is -0.139. The van der Waals surface area contributed by atoms with E-state index in [0.717, 1.165) is 55.8 Å². The van der Waals surface area contributed by atoms with Crippen LogP contribution in [-0.2, 0) is 31.1 Å². The van der Waals surface area contributed by atoms with Gasteiger partial charge < -0.3 is 10.4 Å². The van der Waals surface area contributed by atoms with E-state index in [1.54, 1.807) is 22.9 Å². The van der Waals surface area contributed by atoms with Gasteiger partial charge >= 0.3 is 5.97 Å². The summed E-state index contributed by atoms with van der Waals surface area (Å²) < 4.78 is 1.69. The molecule has 0 aliphatic heterocycles. The molecule has 3 aromatic rings. The minimum absolute atomic E-state index is 0.365. The van der Waals surface area contributed by atoms with Crippen molar-refractivity contribution in [3.8, 4) is 0 Å². The third-order valence-corrected chi connectivity index (χ3v) is 6.65. The number of carboxylic acid groups (broad SMARTS) is 1. The normalized spacial score (nSPS) is 14.0. The fourth-order valence-electron chi connectivity index (χ4n) is 4.74. The summed E-state index contributed by atoms with van der Waals surface area (Å²) >= 11 is 0. The Labute approximate surface area is 200 Å². The summed E-state index contributed by atoms with van der Waals surface area (Å²) in [5.41, 5.74) is 5.16.